The summed E-state index contributed by atoms with van der Waals surface area (Å²) in [7, 11) is 2.03. The number of amides is 1. The molecule has 2 atom stereocenters. The molecular weight excluding hydrogens is 246 g/mol. The second-order valence-electron chi connectivity index (χ2n) is 8.99. The van der Waals surface area contributed by atoms with Crippen LogP contribution < -0.4 is 0 Å². The maximum Gasteiger partial charge on any atom is 0.228 e. The summed E-state index contributed by atoms with van der Waals surface area (Å²) in [5, 5.41) is 0. The van der Waals surface area contributed by atoms with E-state index in [-0.39, 0.29) is 5.41 Å². The third kappa shape index (κ3) is 2.19. The monoisotopic (exact) mass is 277 g/mol. The Labute approximate surface area is 124 Å². The number of unbranched alkanes of at least 4 members (excludes halogenated alkanes) is 1. The molecule has 2 nitrogen and oxygen atoms in total. The quantitative estimate of drug-likeness (QED) is 0.752. The molecule has 0 heterocycles. The van der Waals surface area contributed by atoms with Crippen molar-refractivity contribution < 1.29 is 4.79 Å². The van der Waals surface area contributed by atoms with Gasteiger partial charge in [0.15, 0.2) is 0 Å². The lowest BCUT2D eigenvalue weighted by Crippen LogP contribution is -2.60. The van der Waals surface area contributed by atoms with Gasteiger partial charge in [-0.3, -0.25) is 4.79 Å². The minimum atomic E-state index is -0.00852. The maximum absolute atomic E-state index is 13.1. The van der Waals surface area contributed by atoms with Crippen LogP contribution in [-0.2, 0) is 4.79 Å². The average Bonchev–Trinajstić information content (AvgIpc) is 2.30. The van der Waals surface area contributed by atoms with Crippen molar-refractivity contribution in [2.75, 3.05) is 13.6 Å². The summed E-state index contributed by atoms with van der Waals surface area (Å²) in [5.41, 5.74) is 0.871. The van der Waals surface area contributed by atoms with Gasteiger partial charge in [-0.2, -0.15) is 0 Å². The summed E-state index contributed by atoms with van der Waals surface area (Å²) in [4.78, 5) is 15.2. The summed E-state index contributed by atoms with van der Waals surface area (Å²) in [6.45, 7) is 8.04. The molecule has 4 rings (SSSR count). The number of rotatable bonds is 4. The number of carbonyl (C=O) groups excluding carboxylic acids is 1. The van der Waals surface area contributed by atoms with E-state index in [1.165, 1.54) is 32.1 Å². The van der Waals surface area contributed by atoms with E-state index in [9.17, 15) is 4.79 Å². The van der Waals surface area contributed by atoms with E-state index in [4.69, 9.17) is 0 Å². The molecule has 0 aromatic heterocycles. The fourth-order valence-corrected chi connectivity index (χ4v) is 6.59. The van der Waals surface area contributed by atoms with E-state index in [0.717, 1.165) is 31.7 Å². The van der Waals surface area contributed by atoms with Crippen LogP contribution in [0.5, 0.6) is 0 Å². The zero-order valence-electron chi connectivity index (χ0n) is 13.8. The Bertz CT molecular complexity index is 398. The van der Waals surface area contributed by atoms with Gasteiger partial charge >= 0.3 is 0 Å². The summed E-state index contributed by atoms with van der Waals surface area (Å²) < 4.78 is 0. The SMILES string of the molecule is CCCCN(C)C(=O)C12CC3CC(C)(CC(C)(C3)C1)C2. The van der Waals surface area contributed by atoms with Gasteiger partial charge in [-0.05, 0) is 61.7 Å². The van der Waals surface area contributed by atoms with Crippen molar-refractivity contribution in [1.82, 2.24) is 4.90 Å². The molecule has 0 aliphatic heterocycles. The molecule has 0 N–H and O–H groups in total. The first-order chi connectivity index (χ1) is 9.30. The summed E-state index contributed by atoms with van der Waals surface area (Å²) in [5.74, 6) is 1.28. The molecular formula is C18H31NO. The van der Waals surface area contributed by atoms with Crippen LogP contribution in [0.25, 0.3) is 0 Å². The lowest BCUT2D eigenvalue weighted by Gasteiger charge is -2.65. The van der Waals surface area contributed by atoms with Gasteiger partial charge < -0.3 is 4.90 Å². The van der Waals surface area contributed by atoms with Gasteiger partial charge in [0.25, 0.3) is 0 Å². The number of hydrogen-bond donors (Lipinski definition) is 0. The first-order valence-electron chi connectivity index (χ1n) is 8.56. The van der Waals surface area contributed by atoms with Crippen LogP contribution >= 0.6 is 0 Å². The molecule has 0 aromatic rings. The first kappa shape index (κ1) is 14.4. The van der Waals surface area contributed by atoms with Gasteiger partial charge in [-0.1, -0.05) is 27.2 Å². The van der Waals surface area contributed by atoms with Crippen molar-refractivity contribution in [3.8, 4) is 0 Å². The van der Waals surface area contributed by atoms with E-state index >= 15 is 0 Å². The highest BCUT2D eigenvalue weighted by Crippen LogP contribution is 2.69. The minimum absolute atomic E-state index is 0.00852. The zero-order chi connectivity index (χ0) is 14.6. The summed E-state index contributed by atoms with van der Waals surface area (Å²) >= 11 is 0. The molecule has 4 fully saturated rings. The molecule has 0 saturated heterocycles. The molecule has 4 saturated carbocycles. The summed E-state index contributed by atoms with van der Waals surface area (Å²) in [6, 6.07) is 0. The lowest BCUT2D eigenvalue weighted by molar-refractivity contribution is -0.178. The van der Waals surface area contributed by atoms with Gasteiger partial charge in [0.1, 0.15) is 0 Å². The zero-order valence-corrected chi connectivity index (χ0v) is 13.8. The fraction of sp³-hybridized carbons (Fsp3) is 0.944. The third-order valence-corrected chi connectivity index (χ3v) is 6.27. The molecule has 0 radical (unpaired) electrons. The highest BCUT2D eigenvalue weighted by Gasteiger charge is 2.63. The standard InChI is InChI=1S/C18H31NO/c1-5-6-7-19(4)15(20)18-10-14-8-16(2,12-18)11-17(3,9-14)13-18/h14H,5-13H2,1-4H3. The largest absolute Gasteiger partial charge is 0.345 e. The molecule has 1 amide bonds. The molecule has 20 heavy (non-hydrogen) atoms. The molecule has 114 valence electrons. The Morgan fingerprint density at radius 3 is 2.20 bits per heavy atom. The van der Waals surface area contributed by atoms with Crippen LogP contribution in [0.3, 0.4) is 0 Å². The molecule has 0 aromatic carbocycles. The van der Waals surface area contributed by atoms with Crippen LogP contribution in [0.2, 0.25) is 0 Å². The van der Waals surface area contributed by atoms with Gasteiger partial charge in [0, 0.05) is 13.6 Å². The fourth-order valence-electron chi connectivity index (χ4n) is 6.59. The van der Waals surface area contributed by atoms with Gasteiger partial charge in [-0.25, -0.2) is 0 Å². The Kier molecular flexibility index (Phi) is 3.23. The maximum atomic E-state index is 13.1. The third-order valence-electron chi connectivity index (χ3n) is 6.27. The highest BCUT2D eigenvalue weighted by molar-refractivity contribution is 5.83. The van der Waals surface area contributed by atoms with Crippen molar-refractivity contribution >= 4 is 5.91 Å². The van der Waals surface area contributed by atoms with Crippen molar-refractivity contribution in [2.45, 2.75) is 72.1 Å². The average molecular weight is 277 g/mol. The molecule has 0 spiro atoms. The number of hydrogen-bond acceptors (Lipinski definition) is 1. The predicted octanol–water partition coefficient (Wildman–Crippen LogP) is 4.24. The molecule has 4 aliphatic carbocycles. The Hall–Kier alpha value is -0.530. The van der Waals surface area contributed by atoms with Crippen molar-refractivity contribution in [3.05, 3.63) is 0 Å². The van der Waals surface area contributed by atoms with Crippen molar-refractivity contribution in [3.63, 3.8) is 0 Å². The van der Waals surface area contributed by atoms with E-state index in [1.807, 2.05) is 11.9 Å². The summed E-state index contributed by atoms with van der Waals surface area (Å²) in [6.07, 6.45) is 9.88. The van der Waals surface area contributed by atoms with Crippen LogP contribution in [0.15, 0.2) is 0 Å². The predicted molar refractivity (Wildman–Crippen MR) is 82.4 cm³/mol. The topological polar surface area (TPSA) is 20.3 Å². The van der Waals surface area contributed by atoms with E-state index in [1.54, 1.807) is 0 Å². The Balaban J connectivity index is 1.83. The first-order valence-corrected chi connectivity index (χ1v) is 8.56. The van der Waals surface area contributed by atoms with Crippen molar-refractivity contribution in [2.24, 2.45) is 22.2 Å². The van der Waals surface area contributed by atoms with Gasteiger partial charge in [0.2, 0.25) is 5.91 Å². The van der Waals surface area contributed by atoms with Crippen molar-refractivity contribution in [1.29, 1.82) is 0 Å². The number of nitrogens with zero attached hydrogens (tertiary/aromatic N) is 1. The van der Waals surface area contributed by atoms with Gasteiger partial charge in [0.05, 0.1) is 5.41 Å². The molecule has 4 aliphatic rings. The van der Waals surface area contributed by atoms with Crippen LogP contribution in [0.1, 0.15) is 72.1 Å². The Morgan fingerprint density at radius 1 is 1.10 bits per heavy atom. The molecule has 2 heteroatoms. The number of carbonyl (C=O) groups is 1. The smallest absolute Gasteiger partial charge is 0.228 e. The van der Waals surface area contributed by atoms with Gasteiger partial charge in [-0.15, -0.1) is 0 Å². The van der Waals surface area contributed by atoms with E-state index < -0.39 is 0 Å². The second kappa shape index (κ2) is 4.48. The highest BCUT2D eigenvalue weighted by atomic mass is 16.2. The Morgan fingerprint density at radius 2 is 1.70 bits per heavy atom. The molecule has 4 bridgehead atoms. The van der Waals surface area contributed by atoms with E-state index in [0.29, 0.717) is 16.7 Å². The second-order valence-corrected chi connectivity index (χ2v) is 8.99. The van der Waals surface area contributed by atoms with Crippen LogP contribution in [0.4, 0.5) is 0 Å². The van der Waals surface area contributed by atoms with Crippen LogP contribution in [-0.4, -0.2) is 24.4 Å². The lowest BCUT2D eigenvalue weighted by atomic mass is 9.40. The molecule has 2 unspecified atom stereocenters. The van der Waals surface area contributed by atoms with Crippen LogP contribution in [0, 0.1) is 22.2 Å². The normalized spacial score (nSPS) is 45.7. The van der Waals surface area contributed by atoms with E-state index in [2.05, 4.69) is 20.8 Å². The minimum Gasteiger partial charge on any atom is -0.345 e.